The van der Waals surface area contributed by atoms with E-state index in [-0.39, 0.29) is 19.2 Å². The average Bonchev–Trinajstić information content (AvgIpc) is 3.04. The molecule has 0 fully saturated rings. The van der Waals surface area contributed by atoms with Crippen LogP contribution in [0.4, 0.5) is 0 Å². The minimum Gasteiger partial charge on any atom is -0.458 e. The largest absolute Gasteiger partial charge is 0.458 e. The number of rotatable bonds is 7. The first kappa shape index (κ1) is 18.2. The highest BCUT2D eigenvalue weighted by atomic mass is 35.5. The van der Waals surface area contributed by atoms with Crippen LogP contribution in [0, 0.1) is 0 Å². The van der Waals surface area contributed by atoms with Gasteiger partial charge in [0.25, 0.3) is 0 Å². The number of ether oxygens (including phenoxy) is 2. The van der Waals surface area contributed by atoms with Gasteiger partial charge in [-0.3, -0.25) is 4.79 Å². The van der Waals surface area contributed by atoms with E-state index < -0.39 is 0 Å². The Hall–Kier alpha value is -2.63. The van der Waals surface area contributed by atoms with E-state index in [2.05, 4.69) is 4.98 Å². The molecule has 0 saturated heterocycles. The molecule has 26 heavy (non-hydrogen) atoms. The van der Waals surface area contributed by atoms with Crippen LogP contribution in [0.15, 0.2) is 59.0 Å². The molecule has 0 saturated carbocycles. The second kappa shape index (κ2) is 8.65. The second-order valence-corrected chi connectivity index (χ2v) is 6.08. The molecular weight excluding hydrogens is 354 g/mol. The van der Waals surface area contributed by atoms with Crippen molar-refractivity contribution in [3.8, 4) is 11.3 Å². The molecule has 3 rings (SSSR count). The van der Waals surface area contributed by atoms with Crippen LogP contribution >= 0.6 is 11.6 Å². The number of oxazole rings is 1. The highest BCUT2D eigenvalue weighted by molar-refractivity contribution is 6.30. The molecule has 1 aromatic heterocycles. The van der Waals surface area contributed by atoms with Gasteiger partial charge in [0.05, 0.1) is 6.61 Å². The van der Waals surface area contributed by atoms with Crippen LogP contribution in [0.2, 0.25) is 5.02 Å². The predicted molar refractivity (Wildman–Crippen MR) is 97.4 cm³/mol. The number of nitrogens with zero attached hydrogens (tertiary/aromatic N) is 1. The van der Waals surface area contributed by atoms with E-state index in [0.717, 1.165) is 11.1 Å². The van der Waals surface area contributed by atoms with Gasteiger partial charge >= 0.3 is 5.97 Å². The molecule has 134 valence electrons. The molecule has 2 aromatic carbocycles. The maximum atomic E-state index is 11.1. The lowest BCUT2D eigenvalue weighted by molar-refractivity contribution is -0.142. The van der Waals surface area contributed by atoms with Crippen molar-refractivity contribution in [3.05, 3.63) is 76.8 Å². The number of hydrogen-bond donors (Lipinski definition) is 0. The standard InChI is InChI=1S/C20H18ClNO4/c1-14(23)25-12-18-20(16-7-9-17(21)10-8-16)22-19(26-18)13-24-11-15-5-3-2-4-6-15/h2-10H,11-13H2,1H3. The van der Waals surface area contributed by atoms with Gasteiger partial charge in [0.15, 0.2) is 12.4 Å². The molecule has 3 aromatic rings. The normalized spacial score (nSPS) is 10.7. The fraction of sp³-hybridized carbons (Fsp3) is 0.200. The van der Waals surface area contributed by atoms with Crippen LogP contribution < -0.4 is 0 Å². The summed E-state index contributed by atoms with van der Waals surface area (Å²) in [5.41, 5.74) is 2.51. The first-order valence-corrected chi connectivity index (χ1v) is 8.49. The van der Waals surface area contributed by atoms with Crippen molar-refractivity contribution in [1.29, 1.82) is 0 Å². The van der Waals surface area contributed by atoms with Crippen molar-refractivity contribution in [2.24, 2.45) is 0 Å². The van der Waals surface area contributed by atoms with Crippen LogP contribution in [0.25, 0.3) is 11.3 Å². The number of benzene rings is 2. The molecule has 0 bridgehead atoms. The maximum Gasteiger partial charge on any atom is 0.303 e. The number of carbonyl (C=O) groups excluding carboxylic acids is 1. The Balaban J connectivity index is 1.74. The highest BCUT2D eigenvalue weighted by Crippen LogP contribution is 2.26. The zero-order valence-electron chi connectivity index (χ0n) is 14.3. The maximum absolute atomic E-state index is 11.1. The number of hydrogen-bond acceptors (Lipinski definition) is 5. The lowest BCUT2D eigenvalue weighted by atomic mass is 10.1. The summed E-state index contributed by atoms with van der Waals surface area (Å²) in [6.07, 6.45) is 0. The Morgan fingerprint density at radius 1 is 1.04 bits per heavy atom. The zero-order chi connectivity index (χ0) is 18.4. The quantitative estimate of drug-likeness (QED) is 0.559. The Morgan fingerprint density at radius 3 is 2.46 bits per heavy atom. The molecule has 0 N–H and O–H groups in total. The Bertz CT molecular complexity index is 859. The Morgan fingerprint density at radius 2 is 1.77 bits per heavy atom. The van der Waals surface area contributed by atoms with Crippen LogP contribution in [0.1, 0.15) is 24.1 Å². The number of halogens is 1. The SMILES string of the molecule is CC(=O)OCc1oc(COCc2ccccc2)nc1-c1ccc(Cl)cc1. The van der Waals surface area contributed by atoms with E-state index in [9.17, 15) is 4.79 Å². The molecule has 0 aliphatic carbocycles. The fourth-order valence-electron chi connectivity index (χ4n) is 2.39. The molecule has 0 amide bonds. The average molecular weight is 372 g/mol. The summed E-state index contributed by atoms with van der Waals surface area (Å²) in [4.78, 5) is 15.6. The topological polar surface area (TPSA) is 61.6 Å². The Labute approximate surface area is 156 Å². The lowest BCUT2D eigenvalue weighted by Crippen LogP contribution is -1.99. The highest BCUT2D eigenvalue weighted by Gasteiger charge is 2.16. The van der Waals surface area contributed by atoms with Crippen LogP contribution in [-0.4, -0.2) is 11.0 Å². The van der Waals surface area contributed by atoms with E-state index >= 15 is 0 Å². The van der Waals surface area contributed by atoms with Crippen LogP contribution in [-0.2, 0) is 34.1 Å². The van der Waals surface area contributed by atoms with Gasteiger partial charge in [-0.05, 0) is 17.7 Å². The Kier molecular flexibility index (Phi) is 6.04. The molecule has 0 aliphatic heterocycles. The number of aromatic nitrogens is 1. The van der Waals surface area contributed by atoms with Gasteiger partial charge in [-0.15, -0.1) is 0 Å². The molecule has 0 unspecified atom stereocenters. The smallest absolute Gasteiger partial charge is 0.303 e. The molecule has 6 heteroatoms. The minimum atomic E-state index is -0.384. The first-order chi connectivity index (χ1) is 12.6. The summed E-state index contributed by atoms with van der Waals surface area (Å²) in [7, 11) is 0. The summed E-state index contributed by atoms with van der Waals surface area (Å²) < 4.78 is 16.5. The van der Waals surface area contributed by atoms with Gasteiger partial charge in [-0.2, -0.15) is 0 Å². The van der Waals surface area contributed by atoms with Crippen LogP contribution in [0.3, 0.4) is 0 Å². The van der Waals surface area contributed by atoms with Gasteiger partial charge < -0.3 is 13.9 Å². The molecular formula is C20H18ClNO4. The summed E-state index contributed by atoms with van der Waals surface area (Å²) in [6, 6.07) is 17.1. The summed E-state index contributed by atoms with van der Waals surface area (Å²) in [6.45, 7) is 2.04. The van der Waals surface area contributed by atoms with Crippen molar-refractivity contribution < 1.29 is 18.7 Å². The van der Waals surface area contributed by atoms with Gasteiger partial charge in [0.1, 0.15) is 12.3 Å². The third-order valence-electron chi connectivity index (χ3n) is 3.60. The molecule has 0 spiro atoms. The van der Waals surface area contributed by atoms with Crippen molar-refractivity contribution in [2.75, 3.05) is 0 Å². The monoisotopic (exact) mass is 371 g/mol. The van der Waals surface area contributed by atoms with E-state index in [0.29, 0.717) is 29.0 Å². The molecule has 0 atom stereocenters. The van der Waals surface area contributed by atoms with Crippen molar-refractivity contribution in [3.63, 3.8) is 0 Å². The van der Waals surface area contributed by atoms with Crippen molar-refractivity contribution in [1.82, 2.24) is 4.98 Å². The van der Waals surface area contributed by atoms with Gasteiger partial charge in [0.2, 0.25) is 5.89 Å². The van der Waals surface area contributed by atoms with Gasteiger partial charge in [-0.25, -0.2) is 4.98 Å². The fourth-order valence-corrected chi connectivity index (χ4v) is 2.52. The van der Waals surface area contributed by atoms with Crippen LogP contribution in [0.5, 0.6) is 0 Å². The molecule has 0 aliphatic rings. The summed E-state index contributed by atoms with van der Waals surface area (Å²) in [5, 5.41) is 0.630. The van der Waals surface area contributed by atoms with E-state index in [1.807, 2.05) is 42.5 Å². The third kappa shape index (κ3) is 4.94. The molecule has 5 nitrogen and oxygen atoms in total. The summed E-state index contributed by atoms with van der Waals surface area (Å²) >= 11 is 5.94. The molecule has 1 heterocycles. The van der Waals surface area contributed by atoms with Gasteiger partial charge in [-0.1, -0.05) is 54.1 Å². The van der Waals surface area contributed by atoms with Crippen molar-refractivity contribution in [2.45, 2.75) is 26.7 Å². The molecule has 0 radical (unpaired) electrons. The summed E-state index contributed by atoms with van der Waals surface area (Å²) in [5.74, 6) is 0.513. The second-order valence-electron chi connectivity index (χ2n) is 5.64. The predicted octanol–water partition coefficient (Wildman–Crippen LogP) is 4.77. The third-order valence-corrected chi connectivity index (χ3v) is 3.85. The zero-order valence-corrected chi connectivity index (χ0v) is 15.0. The number of carbonyl (C=O) groups is 1. The minimum absolute atomic E-state index is 0.0129. The van der Waals surface area contributed by atoms with E-state index in [1.54, 1.807) is 12.1 Å². The van der Waals surface area contributed by atoms with Crippen molar-refractivity contribution >= 4 is 17.6 Å². The van der Waals surface area contributed by atoms with Gasteiger partial charge in [0, 0.05) is 17.5 Å². The number of esters is 1. The van der Waals surface area contributed by atoms with E-state index in [4.69, 9.17) is 25.5 Å². The first-order valence-electron chi connectivity index (χ1n) is 8.11. The van der Waals surface area contributed by atoms with E-state index in [1.165, 1.54) is 6.92 Å². The lowest BCUT2D eigenvalue weighted by Gasteiger charge is -2.02.